The van der Waals surface area contributed by atoms with Crippen molar-refractivity contribution in [2.75, 3.05) is 12.4 Å². The fraction of sp³-hybridized carbons (Fsp3) is 0.0526. The van der Waals surface area contributed by atoms with Crippen LogP contribution in [0.1, 0.15) is 20.7 Å². The highest BCUT2D eigenvalue weighted by Gasteiger charge is 2.09. The number of fused-ring (bicyclic) bond motifs is 1. The monoisotopic (exact) mass is 336 g/mol. The second kappa shape index (κ2) is 7.02. The molecule has 25 heavy (non-hydrogen) atoms. The van der Waals surface area contributed by atoms with Crippen LogP contribution >= 0.6 is 0 Å². The molecule has 0 fully saturated rings. The lowest BCUT2D eigenvalue weighted by Crippen LogP contribution is -2.18. The number of carbonyl (C=O) groups is 2. The number of rotatable bonds is 4. The maximum Gasteiger partial charge on any atom is 0.274 e. The van der Waals surface area contributed by atoms with E-state index in [1.54, 1.807) is 73.3 Å². The van der Waals surface area contributed by atoms with Crippen LogP contribution in [0.25, 0.3) is 10.8 Å². The second-order valence-electron chi connectivity index (χ2n) is 5.40. The number of hydrogen-bond donors (Lipinski definition) is 3. The van der Waals surface area contributed by atoms with Crippen LogP contribution in [0.4, 0.5) is 5.69 Å². The number of benzene rings is 3. The molecule has 126 valence electrons. The number of carbonyl (C=O) groups excluding carboxylic acids is 2. The molecule has 3 rings (SSSR count). The molecule has 0 radical (unpaired) electrons. The summed E-state index contributed by atoms with van der Waals surface area (Å²) in [6.45, 7) is 0. The average Bonchev–Trinajstić information content (AvgIpc) is 2.67. The Hall–Kier alpha value is -3.38. The molecule has 0 unspecified atom stereocenters. The van der Waals surface area contributed by atoms with Crippen molar-refractivity contribution in [1.82, 2.24) is 5.48 Å². The maximum absolute atomic E-state index is 12.4. The lowest BCUT2D eigenvalue weighted by Gasteiger charge is -2.08. The lowest BCUT2D eigenvalue weighted by atomic mass is 10.0. The van der Waals surface area contributed by atoms with Crippen molar-refractivity contribution < 1.29 is 19.5 Å². The van der Waals surface area contributed by atoms with Gasteiger partial charge in [-0.25, -0.2) is 5.48 Å². The van der Waals surface area contributed by atoms with E-state index in [0.717, 1.165) is 10.8 Å². The van der Waals surface area contributed by atoms with Gasteiger partial charge in [0.25, 0.3) is 11.8 Å². The van der Waals surface area contributed by atoms with Gasteiger partial charge in [0.05, 0.1) is 7.11 Å². The van der Waals surface area contributed by atoms with Crippen LogP contribution < -0.4 is 15.5 Å². The van der Waals surface area contributed by atoms with Crippen LogP contribution in [-0.2, 0) is 0 Å². The summed E-state index contributed by atoms with van der Waals surface area (Å²) in [6.07, 6.45) is 0. The van der Waals surface area contributed by atoms with Crippen molar-refractivity contribution in [3.8, 4) is 5.75 Å². The highest BCUT2D eigenvalue weighted by atomic mass is 16.5. The predicted octanol–water partition coefficient (Wildman–Crippen LogP) is 3.22. The first-order valence-electron chi connectivity index (χ1n) is 7.54. The Kier molecular flexibility index (Phi) is 4.63. The molecular weight excluding hydrogens is 320 g/mol. The maximum atomic E-state index is 12.4. The molecule has 6 heteroatoms. The number of anilines is 1. The fourth-order valence-electron chi connectivity index (χ4n) is 2.47. The molecule has 6 nitrogen and oxygen atoms in total. The minimum atomic E-state index is -0.602. The second-order valence-corrected chi connectivity index (χ2v) is 5.40. The molecule has 0 aliphatic carbocycles. The summed E-state index contributed by atoms with van der Waals surface area (Å²) in [6, 6.07) is 17.2. The summed E-state index contributed by atoms with van der Waals surface area (Å²) in [7, 11) is 1.58. The summed E-state index contributed by atoms with van der Waals surface area (Å²) < 4.78 is 5.08. The summed E-state index contributed by atoms with van der Waals surface area (Å²) in [5, 5.41) is 13.2. The minimum Gasteiger partial charge on any atom is -0.497 e. The standard InChI is InChI=1S/C19H16N2O4/c1-25-17-8-6-16(7-9-17)20-18(22)13-4-2-12-3-5-14(19(23)21-24)11-15(12)10-13/h2-11,24H,1H3,(H,20,22)(H,21,23). The zero-order chi connectivity index (χ0) is 17.8. The summed E-state index contributed by atoms with van der Waals surface area (Å²) in [5.74, 6) is -0.155. The third kappa shape index (κ3) is 3.59. The predicted molar refractivity (Wildman–Crippen MR) is 94.1 cm³/mol. The Morgan fingerprint density at radius 3 is 2.00 bits per heavy atom. The number of amides is 2. The minimum absolute atomic E-state index is 0.260. The largest absolute Gasteiger partial charge is 0.497 e. The molecule has 0 aromatic heterocycles. The molecule has 2 amide bonds. The molecule has 0 saturated carbocycles. The van der Waals surface area contributed by atoms with Crippen molar-refractivity contribution in [2.45, 2.75) is 0 Å². The Labute approximate surface area is 144 Å². The Bertz CT molecular complexity index is 936. The zero-order valence-electron chi connectivity index (χ0n) is 13.4. The molecule has 0 heterocycles. The van der Waals surface area contributed by atoms with Crippen molar-refractivity contribution in [3.63, 3.8) is 0 Å². The number of methoxy groups -OCH3 is 1. The van der Waals surface area contributed by atoms with Crippen LogP contribution in [0.2, 0.25) is 0 Å². The van der Waals surface area contributed by atoms with Gasteiger partial charge in [-0.15, -0.1) is 0 Å². The summed E-state index contributed by atoms with van der Waals surface area (Å²) in [5.41, 5.74) is 3.02. The van der Waals surface area contributed by atoms with E-state index in [1.165, 1.54) is 0 Å². The molecule has 0 spiro atoms. The average molecular weight is 336 g/mol. The Morgan fingerprint density at radius 1 is 0.840 bits per heavy atom. The molecule has 0 atom stereocenters. The topological polar surface area (TPSA) is 87.7 Å². The zero-order valence-corrected chi connectivity index (χ0v) is 13.4. The first-order chi connectivity index (χ1) is 12.1. The van der Waals surface area contributed by atoms with E-state index in [0.29, 0.717) is 22.6 Å². The van der Waals surface area contributed by atoms with Gasteiger partial charge in [0.15, 0.2) is 0 Å². The van der Waals surface area contributed by atoms with Gasteiger partial charge >= 0.3 is 0 Å². The number of ether oxygens (including phenoxy) is 1. The van der Waals surface area contributed by atoms with Crippen LogP contribution in [0.15, 0.2) is 60.7 Å². The summed E-state index contributed by atoms with van der Waals surface area (Å²) >= 11 is 0. The van der Waals surface area contributed by atoms with Gasteiger partial charge in [0.1, 0.15) is 5.75 Å². The number of nitrogens with one attached hydrogen (secondary N) is 2. The normalized spacial score (nSPS) is 10.3. The van der Waals surface area contributed by atoms with Gasteiger partial charge in [-0.2, -0.15) is 0 Å². The van der Waals surface area contributed by atoms with Crippen molar-refractivity contribution in [1.29, 1.82) is 0 Å². The van der Waals surface area contributed by atoms with Gasteiger partial charge < -0.3 is 10.1 Å². The first kappa shape index (κ1) is 16.5. The van der Waals surface area contributed by atoms with E-state index in [9.17, 15) is 9.59 Å². The molecule has 0 aliphatic rings. The van der Waals surface area contributed by atoms with E-state index < -0.39 is 5.91 Å². The third-order valence-corrected chi connectivity index (χ3v) is 3.81. The molecular formula is C19H16N2O4. The van der Waals surface area contributed by atoms with E-state index in [4.69, 9.17) is 9.94 Å². The number of hydroxylamine groups is 1. The highest BCUT2D eigenvalue weighted by Crippen LogP contribution is 2.20. The molecule has 3 aromatic rings. The van der Waals surface area contributed by atoms with Gasteiger partial charge in [-0.3, -0.25) is 14.8 Å². The number of hydrogen-bond acceptors (Lipinski definition) is 4. The van der Waals surface area contributed by atoms with E-state index in [2.05, 4.69) is 5.32 Å². The van der Waals surface area contributed by atoms with Gasteiger partial charge in [0.2, 0.25) is 0 Å². The molecule has 0 bridgehead atoms. The molecule has 3 aromatic carbocycles. The van der Waals surface area contributed by atoms with Crippen LogP contribution in [0.3, 0.4) is 0 Å². The first-order valence-corrected chi connectivity index (χ1v) is 7.54. The Morgan fingerprint density at radius 2 is 1.44 bits per heavy atom. The lowest BCUT2D eigenvalue weighted by molar-refractivity contribution is 0.0706. The van der Waals surface area contributed by atoms with Crippen molar-refractivity contribution in [3.05, 3.63) is 71.8 Å². The van der Waals surface area contributed by atoms with Gasteiger partial charge in [0, 0.05) is 16.8 Å². The van der Waals surface area contributed by atoms with Crippen LogP contribution in [0.5, 0.6) is 5.75 Å². The van der Waals surface area contributed by atoms with E-state index >= 15 is 0 Å². The van der Waals surface area contributed by atoms with Gasteiger partial charge in [-0.1, -0.05) is 12.1 Å². The Balaban J connectivity index is 1.86. The van der Waals surface area contributed by atoms with Crippen molar-refractivity contribution in [2.24, 2.45) is 0 Å². The fourth-order valence-corrected chi connectivity index (χ4v) is 2.47. The van der Waals surface area contributed by atoms with E-state index in [1.807, 2.05) is 0 Å². The summed E-state index contributed by atoms with van der Waals surface area (Å²) in [4.78, 5) is 23.9. The highest BCUT2D eigenvalue weighted by molar-refractivity contribution is 6.07. The molecule has 0 saturated heterocycles. The smallest absolute Gasteiger partial charge is 0.274 e. The van der Waals surface area contributed by atoms with Crippen LogP contribution in [0, 0.1) is 0 Å². The molecule has 0 aliphatic heterocycles. The van der Waals surface area contributed by atoms with Crippen LogP contribution in [-0.4, -0.2) is 24.1 Å². The van der Waals surface area contributed by atoms with Crippen molar-refractivity contribution >= 4 is 28.3 Å². The SMILES string of the molecule is COc1ccc(NC(=O)c2ccc3ccc(C(=O)NO)cc3c2)cc1. The van der Waals surface area contributed by atoms with Gasteiger partial charge in [-0.05, 0) is 59.3 Å². The molecule has 3 N–H and O–H groups in total. The van der Waals surface area contributed by atoms with E-state index in [-0.39, 0.29) is 5.91 Å². The third-order valence-electron chi connectivity index (χ3n) is 3.81. The quantitative estimate of drug-likeness (QED) is 0.504.